The maximum Gasteiger partial charge on any atom is 0.269 e. The van der Waals surface area contributed by atoms with Gasteiger partial charge in [0.2, 0.25) is 0 Å². The van der Waals surface area contributed by atoms with Crippen molar-refractivity contribution in [2.75, 3.05) is 5.32 Å². The highest BCUT2D eigenvalue weighted by Gasteiger charge is 2.18. The molecule has 0 atom stereocenters. The molecule has 0 aliphatic heterocycles. The number of anilines is 1. The first-order chi connectivity index (χ1) is 10.6. The van der Waals surface area contributed by atoms with Crippen LogP contribution in [0.5, 0.6) is 0 Å². The molecule has 0 saturated carbocycles. The van der Waals surface area contributed by atoms with Crippen molar-refractivity contribution >= 4 is 50.7 Å². The standard InChI is InChI=1S/C15H9BrClN3OS/c16-10-6-4-9(5-7-10)13-14(22-20-19-13)15(21)18-12-3-1-2-11(17)8-12/h1-8H,(H,18,21). The second-order valence-corrected chi connectivity index (χ2v) is 6.53. The molecule has 0 spiro atoms. The van der Waals surface area contributed by atoms with Crippen LogP contribution in [0.1, 0.15) is 9.67 Å². The van der Waals surface area contributed by atoms with Gasteiger partial charge in [-0.3, -0.25) is 4.79 Å². The van der Waals surface area contributed by atoms with E-state index in [-0.39, 0.29) is 5.91 Å². The van der Waals surface area contributed by atoms with Crippen LogP contribution in [0.15, 0.2) is 53.0 Å². The van der Waals surface area contributed by atoms with E-state index in [1.165, 1.54) is 0 Å². The third kappa shape index (κ3) is 3.35. The van der Waals surface area contributed by atoms with Crippen LogP contribution in [0.25, 0.3) is 11.3 Å². The lowest BCUT2D eigenvalue weighted by Gasteiger charge is -2.05. The zero-order valence-corrected chi connectivity index (χ0v) is 14.2. The molecule has 0 fully saturated rings. The highest BCUT2D eigenvalue weighted by Crippen LogP contribution is 2.26. The minimum absolute atomic E-state index is 0.254. The van der Waals surface area contributed by atoms with Gasteiger partial charge in [-0.2, -0.15) is 0 Å². The number of rotatable bonds is 3. The van der Waals surface area contributed by atoms with Crippen molar-refractivity contribution in [2.45, 2.75) is 0 Å². The van der Waals surface area contributed by atoms with Gasteiger partial charge in [0, 0.05) is 20.7 Å². The molecule has 1 aromatic heterocycles. The lowest BCUT2D eigenvalue weighted by atomic mass is 10.1. The number of nitrogens with zero attached hydrogens (tertiary/aromatic N) is 2. The Morgan fingerprint density at radius 3 is 2.68 bits per heavy atom. The molecule has 3 aromatic rings. The first-order valence-electron chi connectivity index (χ1n) is 6.29. The Morgan fingerprint density at radius 2 is 1.95 bits per heavy atom. The number of carbonyl (C=O) groups excluding carboxylic acids is 1. The van der Waals surface area contributed by atoms with Gasteiger partial charge >= 0.3 is 0 Å². The molecule has 1 N–H and O–H groups in total. The lowest BCUT2D eigenvalue weighted by Crippen LogP contribution is -2.11. The number of hydrogen-bond donors (Lipinski definition) is 1. The second-order valence-electron chi connectivity index (χ2n) is 4.42. The van der Waals surface area contributed by atoms with Crippen LogP contribution in [0.4, 0.5) is 5.69 Å². The molecule has 7 heteroatoms. The fraction of sp³-hybridized carbons (Fsp3) is 0. The quantitative estimate of drug-likeness (QED) is 0.689. The van der Waals surface area contributed by atoms with Crippen molar-refractivity contribution in [3.05, 3.63) is 62.9 Å². The monoisotopic (exact) mass is 393 g/mol. The lowest BCUT2D eigenvalue weighted by molar-refractivity contribution is 0.103. The average Bonchev–Trinajstić information content (AvgIpc) is 2.97. The average molecular weight is 395 g/mol. The van der Waals surface area contributed by atoms with E-state index in [2.05, 4.69) is 30.8 Å². The summed E-state index contributed by atoms with van der Waals surface area (Å²) in [6.45, 7) is 0. The zero-order chi connectivity index (χ0) is 15.5. The number of halogens is 2. The largest absolute Gasteiger partial charge is 0.321 e. The molecule has 0 aliphatic rings. The van der Waals surface area contributed by atoms with E-state index in [4.69, 9.17) is 11.6 Å². The SMILES string of the molecule is O=C(Nc1cccc(Cl)c1)c1snnc1-c1ccc(Br)cc1. The number of aromatic nitrogens is 2. The summed E-state index contributed by atoms with van der Waals surface area (Å²) in [5.41, 5.74) is 2.04. The van der Waals surface area contributed by atoms with Gasteiger partial charge in [-0.05, 0) is 41.9 Å². The summed E-state index contributed by atoms with van der Waals surface area (Å²) < 4.78 is 4.86. The topological polar surface area (TPSA) is 54.9 Å². The second kappa shape index (κ2) is 6.56. The summed E-state index contributed by atoms with van der Waals surface area (Å²) in [5.74, 6) is -0.254. The molecular weight excluding hydrogens is 386 g/mol. The van der Waals surface area contributed by atoms with Crippen molar-refractivity contribution < 1.29 is 4.79 Å². The van der Waals surface area contributed by atoms with Crippen LogP contribution in [0.3, 0.4) is 0 Å². The number of hydrogen-bond acceptors (Lipinski definition) is 4. The predicted octanol–water partition coefficient (Wildman–Crippen LogP) is 4.87. The Bertz CT molecular complexity index is 820. The molecule has 110 valence electrons. The Labute approximate surface area is 144 Å². The van der Waals surface area contributed by atoms with E-state index in [0.717, 1.165) is 21.6 Å². The van der Waals surface area contributed by atoms with Gasteiger partial charge in [-0.1, -0.05) is 50.2 Å². The fourth-order valence-electron chi connectivity index (χ4n) is 1.89. The van der Waals surface area contributed by atoms with E-state index in [0.29, 0.717) is 21.3 Å². The molecule has 0 aliphatic carbocycles. The molecule has 0 radical (unpaired) electrons. The summed E-state index contributed by atoms with van der Waals surface area (Å²) in [7, 11) is 0. The normalized spacial score (nSPS) is 10.5. The third-order valence-corrected chi connectivity index (χ3v) is 4.38. The van der Waals surface area contributed by atoms with Crippen molar-refractivity contribution in [1.82, 2.24) is 9.59 Å². The van der Waals surface area contributed by atoms with Gasteiger partial charge in [0.05, 0.1) is 0 Å². The zero-order valence-electron chi connectivity index (χ0n) is 11.1. The van der Waals surface area contributed by atoms with E-state index in [9.17, 15) is 4.79 Å². The molecule has 0 saturated heterocycles. The Hall–Kier alpha value is -1.76. The van der Waals surface area contributed by atoms with Crippen molar-refractivity contribution in [1.29, 1.82) is 0 Å². The van der Waals surface area contributed by atoms with E-state index >= 15 is 0 Å². The van der Waals surface area contributed by atoms with Gasteiger partial charge in [-0.15, -0.1) is 5.10 Å². The van der Waals surface area contributed by atoms with Crippen LogP contribution >= 0.6 is 39.1 Å². The maximum absolute atomic E-state index is 12.4. The van der Waals surface area contributed by atoms with Crippen LogP contribution in [0.2, 0.25) is 5.02 Å². The first-order valence-corrected chi connectivity index (χ1v) is 8.23. The molecule has 1 amide bonds. The maximum atomic E-state index is 12.4. The van der Waals surface area contributed by atoms with Gasteiger partial charge in [0.25, 0.3) is 5.91 Å². The number of amides is 1. The summed E-state index contributed by atoms with van der Waals surface area (Å²) in [6, 6.07) is 14.6. The van der Waals surface area contributed by atoms with E-state index < -0.39 is 0 Å². The number of carbonyl (C=O) groups is 1. The van der Waals surface area contributed by atoms with Crippen LogP contribution in [0, 0.1) is 0 Å². The molecular formula is C15H9BrClN3OS. The fourth-order valence-corrected chi connectivity index (χ4v) is 2.93. The molecule has 0 unspecified atom stereocenters. The van der Waals surface area contributed by atoms with Crippen LogP contribution in [-0.4, -0.2) is 15.5 Å². The molecule has 3 rings (SSSR count). The first kappa shape index (κ1) is 15.1. The third-order valence-electron chi connectivity index (χ3n) is 2.89. The van der Waals surface area contributed by atoms with Crippen molar-refractivity contribution in [3.63, 3.8) is 0 Å². The Morgan fingerprint density at radius 1 is 1.18 bits per heavy atom. The van der Waals surface area contributed by atoms with E-state index in [1.54, 1.807) is 24.3 Å². The molecule has 0 bridgehead atoms. The molecule has 1 heterocycles. The van der Waals surface area contributed by atoms with E-state index in [1.807, 2.05) is 24.3 Å². The highest BCUT2D eigenvalue weighted by atomic mass is 79.9. The molecule has 4 nitrogen and oxygen atoms in total. The Kier molecular flexibility index (Phi) is 4.52. The molecule has 22 heavy (non-hydrogen) atoms. The van der Waals surface area contributed by atoms with Gasteiger partial charge < -0.3 is 5.32 Å². The van der Waals surface area contributed by atoms with Gasteiger partial charge in [-0.25, -0.2) is 0 Å². The minimum Gasteiger partial charge on any atom is -0.321 e. The summed E-state index contributed by atoms with van der Waals surface area (Å²) in [6.07, 6.45) is 0. The smallest absolute Gasteiger partial charge is 0.269 e. The van der Waals surface area contributed by atoms with Crippen molar-refractivity contribution in [3.8, 4) is 11.3 Å². The highest BCUT2D eigenvalue weighted by molar-refractivity contribution is 9.10. The van der Waals surface area contributed by atoms with Crippen LogP contribution in [-0.2, 0) is 0 Å². The number of nitrogens with one attached hydrogen (secondary N) is 1. The van der Waals surface area contributed by atoms with Crippen molar-refractivity contribution in [2.24, 2.45) is 0 Å². The molecule has 2 aromatic carbocycles. The minimum atomic E-state index is -0.254. The predicted molar refractivity (Wildman–Crippen MR) is 92.5 cm³/mol. The summed E-state index contributed by atoms with van der Waals surface area (Å²) in [4.78, 5) is 12.9. The Balaban J connectivity index is 1.88. The number of benzene rings is 2. The van der Waals surface area contributed by atoms with Crippen LogP contribution < -0.4 is 5.32 Å². The summed E-state index contributed by atoms with van der Waals surface area (Å²) >= 11 is 10.4. The van der Waals surface area contributed by atoms with Gasteiger partial charge in [0.15, 0.2) is 0 Å². The summed E-state index contributed by atoms with van der Waals surface area (Å²) in [5, 5.41) is 7.43. The van der Waals surface area contributed by atoms with Gasteiger partial charge in [0.1, 0.15) is 10.6 Å².